The number of hydrogen-bond acceptors (Lipinski definition) is 5. The highest BCUT2D eigenvalue weighted by atomic mass is 19.1. The molecule has 5 amide bonds. The molecule has 0 aliphatic carbocycles. The molecule has 0 saturated carbocycles. The van der Waals surface area contributed by atoms with E-state index in [1.54, 1.807) is 13.8 Å². The maximum absolute atomic E-state index is 14.4. The summed E-state index contributed by atoms with van der Waals surface area (Å²) in [6, 6.07) is 1.08. The normalized spacial score (nSPS) is 15.1. The molecule has 1 fully saturated rings. The quantitative estimate of drug-likeness (QED) is 0.489. The lowest BCUT2D eigenvalue weighted by atomic mass is 10.2. The number of rotatable bonds is 6. The minimum Gasteiger partial charge on any atom is -0.370 e. The number of nitrogens with one attached hydrogen (secondary N) is 3. The molecule has 2 rings (SSSR count). The van der Waals surface area contributed by atoms with Crippen LogP contribution in [0.4, 0.5) is 20.6 Å². The summed E-state index contributed by atoms with van der Waals surface area (Å²) in [5, 5.41) is 6.78. The summed E-state index contributed by atoms with van der Waals surface area (Å²) < 4.78 is 19.4. The molecule has 0 aromatic heterocycles. The lowest BCUT2D eigenvalue weighted by Gasteiger charge is -2.27. The van der Waals surface area contributed by atoms with Gasteiger partial charge < -0.3 is 31.3 Å². The number of primary amides is 1. The first-order valence-corrected chi connectivity index (χ1v) is 8.54. The van der Waals surface area contributed by atoms with E-state index in [1.807, 2.05) is 0 Å². The molecule has 1 aliphatic heterocycles. The molecular weight excluding hydrogens is 373 g/mol. The average molecular weight is 395 g/mol. The summed E-state index contributed by atoms with van der Waals surface area (Å²) in [4.78, 5) is 48.7. The second kappa shape index (κ2) is 9.13. The molecule has 1 aliphatic rings. The van der Waals surface area contributed by atoms with Crippen LogP contribution in [-0.4, -0.2) is 55.6 Å². The van der Waals surface area contributed by atoms with Gasteiger partial charge in [-0.05, 0) is 32.0 Å². The van der Waals surface area contributed by atoms with Gasteiger partial charge in [0.25, 0.3) is 11.8 Å². The molecular formula is C17H22FN5O5. The van der Waals surface area contributed by atoms with Gasteiger partial charge in [-0.2, -0.15) is 0 Å². The van der Waals surface area contributed by atoms with Crippen LogP contribution in [0.5, 0.6) is 0 Å². The Hall–Kier alpha value is -3.21. The molecule has 1 aromatic rings. The van der Waals surface area contributed by atoms with E-state index in [4.69, 9.17) is 10.5 Å². The highest BCUT2D eigenvalue weighted by Gasteiger charge is 2.28. The predicted octanol–water partition coefficient (Wildman–Crippen LogP) is -0.311. The largest absolute Gasteiger partial charge is 0.370 e. The zero-order valence-corrected chi connectivity index (χ0v) is 15.5. The third kappa shape index (κ3) is 5.39. The molecule has 0 spiro atoms. The highest BCUT2D eigenvalue weighted by Crippen LogP contribution is 2.23. The van der Waals surface area contributed by atoms with Gasteiger partial charge in [0.2, 0.25) is 5.91 Å². The molecule has 1 atom stereocenters. The van der Waals surface area contributed by atoms with Crippen LogP contribution in [0, 0.1) is 5.82 Å². The Labute approximate surface area is 160 Å². The van der Waals surface area contributed by atoms with E-state index in [1.165, 1.54) is 17.0 Å². The van der Waals surface area contributed by atoms with Crippen LogP contribution in [0.3, 0.4) is 0 Å². The van der Waals surface area contributed by atoms with Crippen molar-refractivity contribution in [2.45, 2.75) is 25.9 Å². The van der Waals surface area contributed by atoms with Crippen molar-refractivity contribution in [1.29, 1.82) is 0 Å². The number of nitrogens with two attached hydrogens (primary N) is 1. The summed E-state index contributed by atoms with van der Waals surface area (Å²) in [5.41, 5.74) is 5.23. The van der Waals surface area contributed by atoms with Gasteiger partial charge in [-0.25, -0.2) is 9.18 Å². The van der Waals surface area contributed by atoms with Crippen LogP contribution < -0.4 is 26.6 Å². The number of morpholine rings is 1. The first kappa shape index (κ1) is 21.1. The van der Waals surface area contributed by atoms with Crippen LogP contribution in [0.2, 0.25) is 0 Å². The average Bonchev–Trinajstić information content (AvgIpc) is 2.61. The number of ether oxygens (including phenoxy) is 1. The Kier molecular flexibility index (Phi) is 6.88. The van der Waals surface area contributed by atoms with Gasteiger partial charge in [0.1, 0.15) is 12.4 Å². The summed E-state index contributed by atoms with van der Waals surface area (Å²) >= 11 is 0. The van der Waals surface area contributed by atoms with E-state index < -0.39 is 29.7 Å². The molecule has 28 heavy (non-hydrogen) atoms. The van der Waals surface area contributed by atoms with Crippen molar-refractivity contribution in [2.75, 3.05) is 30.0 Å². The second-order valence-corrected chi connectivity index (χ2v) is 6.36. The molecule has 5 N–H and O–H groups in total. The minimum absolute atomic E-state index is 0.0927. The number of carbonyl (C=O) groups excluding carboxylic acids is 4. The van der Waals surface area contributed by atoms with E-state index >= 15 is 0 Å². The van der Waals surface area contributed by atoms with Crippen molar-refractivity contribution in [3.05, 3.63) is 24.0 Å². The van der Waals surface area contributed by atoms with Crippen LogP contribution >= 0.6 is 0 Å². The highest BCUT2D eigenvalue weighted by molar-refractivity contribution is 6.11. The first-order chi connectivity index (χ1) is 13.2. The second-order valence-electron chi connectivity index (χ2n) is 6.36. The Morgan fingerprint density at radius 2 is 1.96 bits per heavy atom. The van der Waals surface area contributed by atoms with Crippen molar-refractivity contribution in [3.8, 4) is 0 Å². The number of halogens is 1. The molecule has 0 bridgehead atoms. The lowest BCUT2D eigenvalue weighted by molar-refractivity contribution is -0.128. The van der Waals surface area contributed by atoms with Crippen molar-refractivity contribution in [1.82, 2.24) is 10.6 Å². The number of nitrogens with zero attached hydrogens (tertiary/aromatic N) is 1. The fourth-order valence-corrected chi connectivity index (χ4v) is 2.47. The molecule has 152 valence electrons. The molecule has 11 heteroatoms. The van der Waals surface area contributed by atoms with Crippen LogP contribution in [0.25, 0.3) is 0 Å². The summed E-state index contributed by atoms with van der Waals surface area (Å²) in [5.74, 6) is -3.23. The van der Waals surface area contributed by atoms with Gasteiger partial charge in [-0.15, -0.1) is 0 Å². The third-order valence-corrected chi connectivity index (χ3v) is 3.75. The molecule has 0 radical (unpaired) electrons. The lowest BCUT2D eigenvalue weighted by Crippen LogP contribution is -2.55. The van der Waals surface area contributed by atoms with E-state index in [-0.39, 0.29) is 30.8 Å². The van der Waals surface area contributed by atoms with Crippen LogP contribution in [0.15, 0.2) is 18.2 Å². The van der Waals surface area contributed by atoms with E-state index in [0.29, 0.717) is 12.3 Å². The molecule has 1 heterocycles. The molecule has 1 saturated heterocycles. The maximum Gasteiger partial charge on any atom is 0.316 e. The smallest absolute Gasteiger partial charge is 0.316 e. The Morgan fingerprint density at radius 1 is 1.25 bits per heavy atom. The maximum atomic E-state index is 14.4. The fraction of sp³-hybridized carbons (Fsp3) is 0.412. The van der Waals surface area contributed by atoms with Gasteiger partial charge >= 0.3 is 6.03 Å². The van der Waals surface area contributed by atoms with Crippen molar-refractivity contribution in [3.63, 3.8) is 0 Å². The van der Waals surface area contributed by atoms with E-state index in [2.05, 4.69) is 16.0 Å². The fourth-order valence-electron chi connectivity index (χ4n) is 2.47. The topological polar surface area (TPSA) is 143 Å². The zero-order valence-electron chi connectivity index (χ0n) is 15.5. The van der Waals surface area contributed by atoms with E-state index in [9.17, 15) is 23.6 Å². The van der Waals surface area contributed by atoms with Gasteiger partial charge in [0.15, 0.2) is 6.04 Å². The van der Waals surface area contributed by atoms with Crippen molar-refractivity contribution < 1.29 is 28.3 Å². The zero-order chi connectivity index (χ0) is 20.8. The molecule has 0 unspecified atom stereocenters. The number of benzene rings is 1. The van der Waals surface area contributed by atoms with E-state index in [0.717, 1.165) is 6.07 Å². The van der Waals surface area contributed by atoms with Crippen molar-refractivity contribution >= 4 is 35.1 Å². The van der Waals surface area contributed by atoms with Gasteiger partial charge in [-0.1, -0.05) is 0 Å². The molecule has 1 aromatic carbocycles. The minimum atomic E-state index is -1.70. The number of urea groups is 1. The Morgan fingerprint density at radius 3 is 2.54 bits per heavy atom. The van der Waals surface area contributed by atoms with Crippen LogP contribution in [0.1, 0.15) is 13.8 Å². The number of amides is 5. The SMILES string of the molecule is CC(C)NC(=O)N[C@H](C(N)=O)C(=O)Nc1ccc(N2CCOCC2=O)cc1F. The number of carbonyl (C=O) groups is 4. The summed E-state index contributed by atoms with van der Waals surface area (Å²) in [6.45, 7) is 3.90. The number of hydrogen-bond donors (Lipinski definition) is 4. The van der Waals surface area contributed by atoms with Gasteiger partial charge in [0.05, 0.1) is 12.3 Å². The van der Waals surface area contributed by atoms with Crippen LogP contribution in [-0.2, 0) is 19.1 Å². The van der Waals surface area contributed by atoms with Gasteiger partial charge in [-0.3, -0.25) is 14.4 Å². The standard InChI is InChI=1S/C17H22FN5O5/c1-9(2)20-17(27)22-14(15(19)25)16(26)21-12-4-3-10(7-11(12)18)23-5-6-28-8-13(23)24/h3-4,7,9,14H,5-6,8H2,1-2H3,(H2,19,25)(H,21,26)(H2,20,22,27)/t14-/m1/s1. The summed E-state index contributed by atoms with van der Waals surface area (Å²) in [7, 11) is 0. The number of anilines is 2. The van der Waals surface area contributed by atoms with Crippen molar-refractivity contribution in [2.24, 2.45) is 5.73 Å². The Bertz CT molecular complexity index is 785. The first-order valence-electron chi connectivity index (χ1n) is 8.54. The monoisotopic (exact) mass is 395 g/mol. The third-order valence-electron chi connectivity index (χ3n) is 3.75. The summed E-state index contributed by atoms with van der Waals surface area (Å²) in [6.07, 6.45) is 0. The Balaban J connectivity index is 2.10. The molecule has 10 nitrogen and oxygen atoms in total. The van der Waals surface area contributed by atoms with Gasteiger partial charge in [0, 0.05) is 18.3 Å². The predicted molar refractivity (Wildman–Crippen MR) is 98.0 cm³/mol.